The molecule has 0 aromatic heterocycles. The molecule has 0 aliphatic heterocycles. The van der Waals surface area contributed by atoms with E-state index in [0.29, 0.717) is 6.42 Å². The summed E-state index contributed by atoms with van der Waals surface area (Å²) >= 11 is 0. The van der Waals surface area contributed by atoms with Gasteiger partial charge in [-0.1, -0.05) is 78.4 Å². The van der Waals surface area contributed by atoms with Crippen molar-refractivity contribution < 1.29 is 22.1 Å². The van der Waals surface area contributed by atoms with Gasteiger partial charge in [-0.25, -0.2) is 4.79 Å². The molecule has 0 aliphatic carbocycles. The summed E-state index contributed by atoms with van der Waals surface area (Å²) in [4.78, 5) is 12.4. The Morgan fingerprint density at radius 3 is 2.06 bits per heavy atom. The van der Waals surface area contributed by atoms with Gasteiger partial charge in [-0.3, -0.25) is 4.18 Å². The first-order chi connectivity index (χ1) is 14.9. The van der Waals surface area contributed by atoms with Crippen molar-refractivity contribution in [1.82, 2.24) is 5.32 Å². The second-order valence-corrected chi connectivity index (χ2v) is 8.76. The van der Waals surface area contributed by atoms with Crippen LogP contribution in [-0.2, 0) is 32.1 Å². The average molecular weight is 440 g/mol. The standard InChI is InChI=1S/C24H25NO5S/c1-19-12-14-23(15-13-19)31(27,28)30-18-22(16-20-8-4-2-5-9-20)25-24(26)29-17-21-10-6-3-7-11-21/h2-15,22H,16-18H2,1H3,(H,25,26). The third kappa shape index (κ3) is 7.24. The number of benzene rings is 3. The Bertz CT molecular complexity index is 1070. The largest absolute Gasteiger partial charge is 0.445 e. The van der Waals surface area contributed by atoms with Gasteiger partial charge in [0, 0.05) is 0 Å². The number of carbonyl (C=O) groups is 1. The summed E-state index contributed by atoms with van der Waals surface area (Å²) in [7, 11) is -3.95. The van der Waals surface area contributed by atoms with Crippen molar-refractivity contribution in [2.24, 2.45) is 0 Å². The maximum absolute atomic E-state index is 12.5. The van der Waals surface area contributed by atoms with Crippen molar-refractivity contribution in [1.29, 1.82) is 0 Å². The number of rotatable bonds is 9. The van der Waals surface area contributed by atoms with Crippen LogP contribution in [0, 0.1) is 6.92 Å². The van der Waals surface area contributed by atoms with Crippen LogP contribution in [0.25, 0.3) is 0 Å². The molecule has 1 amide bonds. The number of aryl methyl sites for hydroxylation is 1. The minimum atomic E-state index is -3.95. The molecule has 7 heteroatoms. The molecular formula is C24H25NO5S. The molecule has 1 atom stereocenters. The zero-order chi connectivity index (χ0) is 22.1. The highest BCUT2D eigenvalue weighted by Crippen LogP contribution is 2.14. The minimum Gasteiger partial charge on any atom is -0.445 e. The van der Waals surface area contributed by atoms with Gasteiger partial charge in [-0.2, -0.15) is 8.42 Å². The highest BCUT2D eigenvalue weighted by Gasteiger charge is 2.21. The molecule has 3 aromatic carbocycles. The van der Waals surface area contributed by atoms with Gasteiger partial charge in [0.15, 0.2) is 0 Å². The third-order valence-corrected chi connectivity index (χ3v) is 5.89. The van der Waals surface area contributed by atoms with E-state index >= 15 is 0 Å². The lowest BCUT2D eigenvalue weighted by Gasteiger charge is -2.19. The molecule has 3 aromatic rings. The molecule has 0 aliphatic rings. The third-order valence-electron chi connectivity index (χ3n) is 4.59. The van der Waals surface area contributed by atoms with E-state index in [1.54, 1.807) is 12.1 Å². The van der Waals surface area contributed by atoms with E-state index in [-0.39, 0.29) is 18.1 Å². The van der Waals surface area contributed by atoms with Crippen LogP contribution in [0.4, 0.5) is 4.79 Å². The van der Waals surface area contributed by atoms with Gasteiger partial charge in [0.25, 0.3) is 10.1 Å². The summed E-state index contributed by atoms with van der Waals surface area (Å²) in [5.41, 5.74) is 2.74. The second-order valence-electron chi connectivity index (χ2n) is 7.14. The van der Waals surface area contributed by atoms with Crippen molar-refractivity contribution in [2.45, 2.75) is 30.9 Å². The van der Waals surface area contributed by atoms with E-state index in [1.807, 2.05) is 67.6 Å². The molecule has 0 spiro atoms. The molecule has 3 rings (SSSR count). The Morgan fingerprint density at radius 1 is 0.871 bits per heavy atom. The lowest BCUT2D eigenvalue weighted by molar-refractivity contribution is 0.131. The smallest absolute Gasteiger partial charge is 0.407 e. The molecule has 162 valence electrons. The van der Waals surface area contributed by atoms with E-state index in [2.05, 4.69) is 5.32 Å². The van der Waals surface area contributed by atoms with Crippen LogP contribution in [0.1, 0.15) is 16.7 Å². The molecular weight excluding hydrogens is 414 g/mol. The minimum absolute atomic E-state index is 0.0724. The van der Waals surface area contributed by atoms with E-state index < -0.39 is 22.3 Å². The first-order valence-corrected chi connectivity index (χ1v) is 11.3. The van der Waals surface area contributed by atoms with Crippen molar-refractivity contribution >= 4 is 16.2 Å². The van der Waals surface area contributed by atoms with Crippen LogP contribution < -0.4 is 5.32 Å². The number of alkyl carbamates (subject to hydrolysis) is 1. The number of hydrogen-bond donors (Lipinski definition) is 1. The Balaban J connectivity index is 1.64. The monoisotopic (exact) mass is 439 g/mol. The van der Waals surface area contributed by atoms with Gasteiger partial charge < -0.3 is 10.1 Å². The van der Waals surface area contributed by atoms with Gasteiger partial charge in [0.2, 0.25) is 0 Å². The fraction of sp³-hybridized carbons (Fsp3) is 0.208. The first kappa shape index (κ1) is 22.5. The summed E-state index contributed by atoms with van der Waals surface area (Å²) in [5.74, 6) is 0. The second kappa shape index (κ2) is 10.7. The molecule has 0 bridgehead atoms. The molecule has 0 radical (unpaired) electrons. The normalized spacial score (nSPS) is 12.2. The topological polar surface area (TPSA) is 81.7 Å². The fourth-order valence-corrected chi connectivity index (χ4v) is 3.88. The fourth-order valence-electron chi connectivity index (χ4n) is 2.93. The van der Waals surface area contributed by atoms with E-state index in [9.17, 15) is 13.2 Å². The van der Waals surface area contributed by atoms with E-state index in [1.165, 1.54) is 12.1 Å². The van der Waals surface area contributed by atoms with Crippen LogP contribution in [-0.4, -0.2) is 27.2 Å². The summed E-state index contributed by atoms with van der Waals surface area (Å²) in [6, 6.07) is 24.6. The predicted molar refractivity (Wildman–Crippen MR) is 118 cm³/mol. The molecule has 0 saturated carbocycles. The van der Waals surface area contributed by atoms with Crippen molar-refractivity contribution in [3.63, 3.8) is 0 Å². The Hall–Kier alpha value is -3.16. The molecule has 31 heavy (non-hydrogen) atoms. The van der Waals surface area contributed by atoms with E-state index in [4.69, 9.17) is 8.92 Å². The number of amides is 1. The molecule has 6 nitrogen and oxygen atoms in total. The van der Waals surface area contributed by atoms with Gasteiger partial charge in [0.1, 0.15) is 6.61 Å². The average Bonchev–Trinajstić information content (AvgIpc) is 2.78. The Kier molecular flexibility index (Phi) is 7.81. The maximum Gasteiger partial charge on any atom is 0.407 e. The van der Waals surface area contributed by atoms with Crippen LogP contribution in [0.5, 0.6) is 0 Å². The Labute approximate surface area is 183 Å². The number of carbonyl (C=O) groups excluding carboxylic acids is 1. The van der Waals surface area contributed by atoms with Crippen molar-refractivity contribution in [3.05, 3.63) is 102 Å². The molecule has 1 N–H and O–H groups in total. The zero-order valence-electron chi connectivity index (χ0n) is 17.2. The maximum atomic E-state index is 12.5. The number of ether oxygens (including phenoxy) is 1. The summed E-state index contributed by atoms with van der Waals surface area (Å²) in [6.45, 7) is 1.77. The number of hydrogen-bond acceptors (Lipinski definition) is 5. The molecule has 0 fully saturated rings. The van der Waals surface area contributed by atoms with Gasteiger partial charge in [0.05, 0.1) is 17.5 Å². The molecule has 1 unspecified atom stereocenters. The lowest BCUT2D eigenvalue weighted by atomic mass is 10.1. The lowest BCUT2D eigenvalue weighted by Crippen LogP contribution is -2.40. The van der Waals surface area contributed by atoms with Gasteiger partial charge in [-0.15, -0.1) is 0 Å². The Morgan fingerprint density at radius 2 is 1.45 bits per heavy atom. The van der Waals surface area contributed by atoms with Crippen molar-refractivity contribution in [2.75, 3.05) is 6.61 Å². The highest BCUT2D eigenvalue weighted by atomic mass is 32.2. The van der Waals surface area contributed by atoms with Crippen molar-refractivity contribution in [3.8, 4) is 0 Å². The van der Waals surface area contributed by atoms with Crippen LogP contribution in [0.2, 0.25) is 0 Å². The van der Waals surface area contributed by atoms with Gasteiger partial charge in [-0.05, 0) is 36.6 Å². The van der Waals surface area contributed by atoms with Crippen LogP contribution in [0.3, 0.4) is 0 Å². The quantitative estimate of drug-likeness (QED) is 0.505. The van der Waals surface area contributed by atoms with Crippen LogP contribution >= 0.6 is 0 Å². The summed E-state index contributed by atoms with van der Waals surface area (Å²) in [5, 5.41) is 2.72. The first-order valence-electron chi connectivity index (χ1n) is 9.89. The zero-order valence-corrected chi connectivity index (χ0v) is 18.0. The SMILES string of the molecule is Cc1ccc(S(=O)(=O)OCC(Cc2ccccc2)NC(=O)OCc2ccccc2)cc1. The van der Waals surface area contributed by atoms with E-state index in [0.717, 1.165) is 16.7 Å². The number of nitrogens with one attached hydrogen (secondary N) is 1. The highest BCUT2D eigenvalue weighted by molar-refractivity contribution is 7.86. The molecule has 0 heterocycles. The van der Waals surface area contributed by atoms with Crippen LogP contribution in [0.15, 0.2) is 89.8 Å². The molecule has 0 saturated heterocycles. The summed E-state index contributed by atoms with van der Waals surface area (Å²) < 4.78 is 35.6. The predicted octanol–water partition coefficient (Wildman–Crippen LogP) is 4.24. The van der Waals surface area contributed by atoms with Gasteiger partial charge >= 0.3 is 6.09 Å². The summed E-state index contributed by atoms with van der Waals surface area (Å²) in [6.07, 6.45) is -0.244.